The lowest BCUT2D eigenvalue weighted by atomic mass is 10.2. The summed E-state index contributed by atoms with van der Waals surface area (Å²) in [5.74, 6) is 0.347. The van der Waals surface area contributed by atoms with Crippen molar-refractivity contribution in [3.05, 3.63) is 37.0 Å². The smallest absolute Gasteiger partial charge is 0.408 e. The molecule has 0 spiro atoms. The predicted molar refractivity (Wildman–Crippen MR) is 79.9 cm³/mol. The number of alkyl carbamates (subject to hydrolysis) is 1. The van der Waals surface area contributed by atoms with E-state index in [1.54, 1.807) is 25.2 Å². The number of amidine groups is 2. The van der Waals surface area contributed by atoms with Crippen molar-refractivity contribution >= 4 is 17.8 Å². The third-order valence-electron chi connectivity index (χ3n) is 2.80. The Morgan fingerprint density at radius 3 is 2.65 bits per heavy atom. The number of nitrogens with zero attached hydrogens (tertiary/aromatic N) is 1. The van der Waals surface area contributed by atoms with E-state index in [1.165, 1.54) is 0 Å². The van der Waals surface area contributed by atoms with Crippen LogP contribution in [0.3, 0.4) is 0 Å². The van der Waals surface area contributed by atoms with Crippen LogP contribution in [0.4, 0.5) is 4.79 Å². The first-order chi connectivity index (χ1) is 9.43. The number of ether oxygens (including phenoxy) is 1. The van der Waals surface area contributed by atoms with Crippen LogP contribution in [0.2, 0.25) is 0 Å². The fourth-order valence-electron chi connectivity index (χ4n) is 1.54. The first-order valence-electron chi connectivity index (χ1n) is 6.22. The predicted octanol–water partition coefficient (Wildman–Crippen LogP) is 1.90. The van der Waals surface area contributed by atoms with Crippen molar-refractivity contribution < 1.29 is 9.53 Å². The third-order valence-corrected chi connectivity index (χ3v) is 2.80. The highest BCUT2D eigenvalue weighted by molar-refractivity contribution is 6.02. The zero-order chi connectivity index (χ0) is 15.2. The van der Waals surface area contributed by atoms with Gasteiger partial charge < -0.3 is 15.8 Å². The van der Waals surface area contributed by atoms with E-state index < -0.39 is 11.6 Å². The van der Waals surface area contributed by atoms with E-state index >= 15 is 0 Å². The summed E-state index contributed by atoms with van der Waals surface area (Å²) in [7, 11) is 0. The summed E-state index contributed by atoms with van der Waals surface area (Å²) in [5.41, 5.74) is 5.45. The van der Waals surface area contributed by atoms with E-state index in [0.717, 1.165) is 5.57 Å². The molecule has 6 nitrogen and oxygen atoms in total. The Balaban J connectivity index is 2.53. The number of aliphatic imine (C=N–C) groups is 1. The molecule has 0 aliphatic heterocycles. The van der Waals surface area contributed by atoms with Crippen LogP contribution in [-0.4, -0.2) is 29.9 Å². The van der Waals surface area contributed by atoms with Crippen molar-refractivity contribution in [3.63, 3.8) is 0 Å². The van der Waals surface area contributed by atoms with Crippen LogP contribution in [0.25, 0.3) is 0 Å². The number of rotatable bonds is 6. The zero-order valence-corrected chi connectivity index (χ0v) is 11.6. The molecule has 1 aliphatic carbocycles. The number of allylic oxidation sites excluding steroid dienone is 2. The third kappa shape index (κ3) is 4.38. The van der Waals surface area contributed by atoms with Crippen molar-refractivity contribution in [1.29, 1.82) is 5.41 Å². The number of nitrogens with one attached hydrogen (secondary N) is 2. The molecule has 0 heterocycles. The van der Waals surface area contributed by atoms with Gasteiger partial charge >= 0.3 is 6.09 Å². The minimum atomic E-state index is -0.728. The molecule has 0 aromatic carbocycles. The normalized spacial score (nSPS) is 17.1. The summed E-state index contributed by atoms with van der Waals surface area (Å²) in [6, 6.07) is 0. The van der Waals surface area contributed by atoms with Gasteiger partial charge in [-0.05, 0) is 25.3 Å². The molecule has 108 valence electrons. The van der Waals surface area contributed by atoms with Crippen LogP contribution in [0.5, 0.6) is 0 Å². The van der Waals surface area contributed by atoms with Gasteiger partial charge in [0.2, 0.25) is 0 Å². The molecule has 0 bridgehead atoms. The van der Waals surface area contributed by atoms with Gasteiger partial charge in [-0.1, -0.05) is 31.4 Å². The molecule has 20 heavy (non-hydrogen) atoms. The maximum atomic E-state index is 11.7. The second-order valence-electron chi connectivity index (χ2n) is 4.57. The molecule has 0 saturated heterocycles. The molecule has 0 radical (unpaired) electrons. The summed E-state index contributed by atoms with van der Waals surface area (Å²) >= 11 is 0. The standard InChI is InChI=1S/C14H20N4O2/c1-4-6-11(5-2)9-20-13(19)18-14(7-8-14)12(16)17-10(3)15/h4-6H,1-2,7-9H2,3H3,(H,18,19)(H3,15,16,17)/b11-6+. The molecular weight excluding hydrogens is 256 g/mol. The Bertz CT molecular complexity index is 483. The van der Waals surface area contributed by atoms with E-state index in [2.05, 4.69) is 23.5 Å². The Morgan fingerprint density at radius 2 is 2.20 bits per heavy atom. The molecule has 0 atom stereocenters. The van der Waals surface area contributed by atoms with Crippen molar-refractivity contribution in [2.45, 2.75) is 25.3 Å². The summed E-state index contributed by atoms with van der Waals surface area (Å²) in [6.07, 6.45) is 5.62. The van der Waals surface area contributed by atoms with Gasteiger partial charge in [-0.15, -0.1) is 0 Å². The fraction of sp³-hybridized carbons (Fsp3) is 0.357. The van der Waals surface area contributed by atoms with Gasteiger partial charge in [0.05, 0.1) is 5.84 Å². The molecule has 1 amide bonds. The molecule has 1 rings (SSSR count). The first kappa shape index (κ1) is 15.7. The number of hydrogen-bond acceptors (Lipinski definition) is 3. The van der Waals surface area contributed by atoms with E-state index in [9.17, 15) is 4.79 Å². The van der Waals surface area contributed by atoms with Crippen LogP contribution in [0.1, 0.15) is 19.8 Å². The fourth-order valence-corrected chi connectivity index (χ4v) is 1.54. The van der Waals surface area contributed by atoms with Gasteiger partial charge in [0.1, 0.15) is 18.0 Å². The van der Waals surface area contributed by atoms with Gasteiger partial charge in [-0.3, -0.25) is 5.41 Å². The molecule has 0 unspecified atom stereocenters. The Hall–Kier alpha value is -2.37. The average Bonchev–Trinajstić information content (AvgIpc) is 3.14. The molecule has 0 aromatic rings. The lowest BCUT2D eigenvalue weighted by Gasteiger charge is -2.16. The first-order valence-corrected chi connectivity index (χ1v) is 6.22. The van der Waals surface area contributed by atoms with Gasteiger partial charge in [0.15, 0.2) is 0 Å². The maximum absolute atomic E-state index is 11.7. The van der Waals surface area contributed by atoms with E-state index in [1.807, 2.05) is 0 Å². The molecule has 6 heteroatoms. The van der Waals surface area contributed by atoms with Crippen LogP contribution in [-0.2, 0) is 4.74 Å². The SMILES string of the molecule is C=C/C=C(\C=C)COC(=O)NC1(C(=N)N=C(C)N)CC1. The summed E-state index contributed by atoms with van der Waals surface area (Å²) in [4.78, 5) is 15.6. The van der Waals surface area contributed by atoms with Crippen molar-refractivity contribution in [2.75, 3.05) is 6.61 Å². The summed E-state index contributed by atoms with van der Waals surface area (Å²) < 4.78 is 5.06. The number of nitrogens with two attached hydrogens (primary N) is 1. The average molecular weight is 276 g/mol. The Labute approximate surface area is 118 Å². The summed E-state index contributed by atoms with van der Waals surface area (Å²) in [6.45, 7) is 8.87. The second-order valence-corrected chi connectivity index (χ2v) is 4.57. The summed E-state index contributed by atoms with van der Waals surface area (Å²) in [5, 5.41) is 10.5. The highest BCUT2D eigenvalue weighted by Crippen LogP contribution is 2.37. The van der Waals surface area contributed by atoms with Gasteiger partial charge in [-0.2, -0.15) is 0 Å². The van der Waals surface area contributed by atoms with E-state index in [-0.39, 0.29) is 12.4 Å². The van der Waals surface area contributed by atoms with E-state index in [4.69, 9.17) is 15.9 Å². The van der Waals surface area contributed by atoms with Crippen LogP contribution in [0.15, 0.2) is 42.0 Å². The lowest BCUT2D eigenvalue weighted by molar-refractivity contribution is 0.154. The molecule has 1 saturated carbocycles. The monoisotopic (exact) mass is 276 g/mol. The number of hydrogen-bond donors (Lipinski definition) is 3. The largest absolute Gasteiger partial charge is 0.445 e. The molecule has 1 aliphatic rings. The van der Waals surface area contributed by atoms with Crippen molar-refractivity contribution in [3.8, 4) is 0 Å². The molecule has 4 N–H and O–H groups in total. The Morgan fingerprint density at radius 1 is 1.55 bits per heavy atom. The van der Waals surface area contributed by atoms with Crippen LogP contribution >= 0.6 is 0 Å². The van der Waals surface area contributed by atoms with Crippen LogP contribution in [0, 0.1) is 5.41 Å². The number of carbonyl (C=O) groups is 1. The molecule has 0 aromatic heterocycles. The highest BCUT2D eigenvalue weighted by Gasteiger charge is 2.49. The molecule has 1 fully saturated rings. The lowest BCUT2D eigenvalue weighted by Crippen LogP contribution is -2.43. The topological polar surface area (TPSA) is 101 Å². The van der Waals surface area contributed by atoms with Gasteiger partial charge in [0, 0.05) is 0 Å². The minimum Gasteiger partial charge on any atom is -0.445 e. The van der Waals surface area contributed by atoms with Crippen molar-refractivity contribution in [1.82, 2.24) is 5.32 Å². The van der Waals surface area contributed by atoms with Crippen LogP contribution < -0.4 is 11.1 Å². The van der Waals surface area contributed by atoms with E-state index in [0.29, 0.717) is 18.7 Å². The van der Waals surface area contributed by atoms with Gasteiger partial charge in [0.25, 0.3) is 0 Å². The van der Waals surface area contributed by atoms with Gasteiger partial charge in [-0.25, -0.2) is 9.79 Å². The quantitative estimate of drug-likeness (QED) is 0.392. The second kappa shape index (κ2) is 6.70. The van der Waals surface area contributed by atoms with Crippen molar-refractivity contribution in [2.24, 2.45) is 10.7 Å². The maximum Gasteiger partial charge on any atom is 0.408 e. The Kier molecular flexibility index (Phi) is 5.25. The molecular formula is C14H20N4O2. The number of carbonyl (C=O) groups excluding carboxylic acids is 1. The number of amides is 1. The highest BCUT2D eigenvalue weighted by atomic mass is 16.5. The minimum absolute atomic E-state index is 0.0556. The zero-order valence-electron chi connectivity index (χ0n) is 11.6.